The number of amides is 3. The van der Waals surface area contributed by atoms with Crippen LogP contribution in [0.1, 0.15) is 11.1 Å². The summed E-state index contributed by atoms with van der Waals surface area (Å²) in [5.41, 5.74) is 0.571. The summed E-state index contributed by atoms with van der Waals surface area (Å²) in [4.78, 5) is 38.1. The zero-order valence-electron chi connectivity index (χ0n) is 18.3. The summed E-state index contributed by atoms with van der Waals surface area (Å²) in [5.74, 6) is -6.51. The summed E-state index contributed by atoms with van der Waals surface area (Å²) < 4.78 is 59.1. The third-order valence-electron chi connectivity index (χ3n) is 5.00. The van der Waals surface area contributed by atoms with Crippen LogP contribution in [-0.2, 0) is 16.2 Å². The number of ether oxygens (including phenoxy) is 1. The van der Waals surface area contributed by atoms with Gasteiger partial charge in [-0.25, -0.2) is 17.6 Å². The molecule has 1 heterocycles. The number of carbonyl (C=O) groups excluding carboxylic acids is 3. The van der Waals surface area contributed by atoms with Gasteiger partial charge < -0.3 is 10.1 Å². The van der Waals surface area contributed by atoms with Crippen LogP contribution in [0.25, 0.3) is 6.08 Å². The lowest BCUT2D eigenvalue weighted by atomic mass is 10.1. The molecule has 0 saturated carbocycles. The van der Waals surface area contributed by atoms with Crippen LogP contribution in [0.5, 0.6) is 5.75 Å². The molecule has 3 aromatic rings. The van der Waals surface area contributed by atoms with E-state index >= 15 is 0 Å². The number of para-hydroxylation sites is 1. The van der Waals surface area contributed by atoms with Crippen LogP contribution in [-0.4, -0.2) is 28.5 Å². The SMILES string of the molecule is O=C(CN1C(=O)S/C(=C\c2ccccc2OCc2ccc(F)cc2)C1=O)Nc1ccc(F)c(F)c1F. The number of imide groups is 1. The normalized spacial score (nSPS) is 14.4. The van der Waals surface area contributed by atoms with E-state index in [2.05, 4.69) is 0 Å². The number of thioether (sulfide) groups is 1. The van der Waals surface area contributed by atoms with Gasteiger partial charge in [-0.15, -0.1) is 0 Å². The van der Waals surface area contributed by atoms with Crippen molar-refractivity contribution in [3.8, 4) is 5.75 Å². The van der Waals surface area contributed by atoms with Crippen LogP contribution in [0.4, 0.5) is 28.0 Å². The zero-order chi connectivity index (χ0) is 25.8. The number of benzene rings is 3. The zero-order valence-corrected chi connectivity index (χ0v) is 19.1. The molecule has 1 aliphatic rings. The second-order valence-electron chi connectivity index (χ2n) is 7.49. The summed E-state index contributed by atoms with van der Waals surface area (Å²) in [7, 11) is 0. The number of rotatable bonds is 7. The molecule has 4 rings (SSSR count). The first-order chi connectivity index (χ1) is 17.2. The summed E-state index contributed by atoms with van der Waals surface area (Å²) in [6.07, 6.45) is 1.43. The largest absolute Gasteiger partial charge is 0.488 e. The highest BCUT2D eigenvalue weighted by molar-refractivity contribution is 8.18. The van der Waals surface area contributed by atoms with E-state index < -0.39 is 46.7 Å². The maximum absolute atomic E-state index is 13.8. The van der Waals surface area contributed by atoms with Gasteiger partial charge in [-0.05, 0) is 53.7 Å². The molecular weight excluding hydrogens is 500 g/mol. The van der Waals surface area contributed by atoms with E-state index in [1.807, 2.05) is 5.32 Å². The van der Waals surface area contributed by atoms with Crippen molar-refractivity contribution < 1.29 is 36.7 Å². The van der Waals surface area contributed by atoms with E-state index in [9.17, 15) is 31.9 Å². The van der Waals surface area contributed by atoms with Gasteiger partial charge in [0, 0.05) is 5.56 Å². The Morgan fingerprint density at radius 3 is 2.42 bits per heavy atom. The Labute approximate surface area is 206 Å². The van der Waals surface area contributed by atoms with Crippen molar-refractivity contribution in [3.63, 3.8) is 0 Å². The van der Waals surface area contributed by atoms with E-state index in [0.717, 1.165) is 11.6 Å². The van der Waals surface area contributed by atoms with Crippen molar-refractivity contribution in [1.82, 2.24) is 4.90 Å². The smallest absolute Gasteiger partial charge is 0.294 e. The maximum atomic E-state index is 13.8. The van der Waals surface area contributed by atoms with Crippen LogP contribution in [0, 0.1) is 23.3 Å². The molecule has 6 nitrogen and oxygen atoms in total. The van der Waals surface area contributed by atoms with Gasteiger partial charge in [0.1, 0.15) is 24.7 Å². The molecule has 11 heteroatoms. The number of carbonyl (C=O) groups is 3. The Balaban J connectivity index is 1.45. The van der Waals surface area contributed by atoms with Crippen molar-refractivity contribution >= 4 is 40.6 Å². The van der Waals surface area contributed by atoms with Crippen molar-refractivity contribution in [1.29, 1.82) is 0 Å². The molecule has 0 radical (unpaired) electrons. The summed E-state index contributed by atoms with van der Waals surface area (Å²) in [6.45, 7) is -0.628. The molecule has 1 aliphatic heterocycles. The van der Waals surface area contributed by atoms with Crippen LogP contribution >= 0.6 is 11.8 Å². The average molecular weight is 516 g/mol. The first-order valence-electron chi connectivity index (χ1n) is 10.4. The first-order valence-corrected chi connectivity index (χ1v) is 11.2. The van der Waals surface area contributed by atoms with E-state index in [-0.39, 0.29) is 17.3 Å². The molecule has 36 heavy (non-hydrogen) atoms. The second kappa shape index (κ2) is 10.6. The molecule has 0 aromatic heterocycles. The molecule has 0 bridgehead atoms. The van der Waals surface area contributed by atoms with Crippen LogP contribution in [0.3, 0.4) is 0 Å². The quantitative estimate of drug-likeness (QED) is 0.255. The molecule has 184 valence electrons. The topological polar surface area (TPSA) is 75.7 Å². The number of nitrogens with one attached hydrogen (secondary N) is 1. The molecule has 0 unspecified atom stereocenters. The Kier molecular flexibility index (Phi) is 7.39. The summed E-state index contributed by atoms with van der Waals surface area (Å²) >= 11 is 0.595. The summed E-state index contributed by atoms with van der Waals surface area (Å²) in [5, 5.41) is 1.28. The second-order valence-corrected chi connectivity index (χ2v) is 8.49. The molecule has 0 atom stereocenters. The third-order valence-corrected chi connectivity index (χ3v) is 5.91. The highest BCUT2D eigenvalue weighted by atomic mass is 32.2. The minimum absolute atomic E-state index is 0.0182. The standard InChI is InChI=1S/C25H16F4N2O4S/c26-16-7-5-14(6-8-16)13-35-19-4-2-1-3-15(19)11-20-24(33)31(25(34)36-20)12-21(32)30-18-10-9-17(27)22(28)23(18)29/h1-11H,12-13H2,(H,30,32)/b20-11-. The Morgan fingerprint density at radius 1 is 0.944 bits per heavy atom. The number of anilines is 1. The van der Waals surface area contributed by atoms with Gasteiger partial charge in [-0.2, -0.15) is 0 Å². The molecule has 1 N–H and O–H groups in total. The third kappa shape index (κ3) is 5.57. The lowest BCUT2D eigenvalue weighted by molar-refractivity contribution is -0.127. The number of halogens is 4. The lowest BCUT2D eigenvalue weighted by Crippen LogP contribution is -2.36. The van der Waals surface area contributed by atoms with E-state index in [4.69, 9.17) is 4.74 Å². The highest BCUT2D eigenvalue weighted by Gasteiger charge is 2.36. The van der Waals surface area contributed by atoms with Crippen molar-refractivity contribution in [2.24, 2.45) is 0 Å². The fourth-order valence-electron chi connectivity index (χ4n) is 3.21. The average Bonchev–Trinajstić information content (AvgIpc) is 3.12. The minimum atomic E-state index is -1.76. The van der Waals surface area contributed by atoms with Crippen molar-refractivity contribution in [3.05, 3.63) is 100.0 Å². The van der Waals surface area contributed by atoms with Gasteiger partial charge in [0.2, 0.25) is 5.91 Å². The molecule has 3 amide bonds. The molecular formula is C25H16F4N2O4S. The van der Waals surface area contributed by atoms with Gasteiger partial charge in [-0.3, -0.25) is 19.3 Å². The number of hydrogen-bond acceptors (Lipinski definition) is 5. The van der Waals surface area contributed by atoms with E-state index in [1.165, 1.54) is 18.2 Å². The van der Waals surface area contributed by atoms with Crippen molar-refractivity contribution in [2.75, 3.05) is 11.9 Å². The maximum Gasteiger partial charge on any atom is 0.294 e. The van der Waals surface area contributed by atoms with Crippen molar-refractivity contribution in [2.45, 2.75) is 6.61 Å². The molecule has 3 aromatic carbocycles. The summed E-state index contributed by atoms with van der Waals surface area (Å²) in [6, 6.07) is 13.9. The first kappa shape index (κ1) is 25.0. The minimum Gasteiger partial charge on any atom is -0.488 e. The number of nitrogens with zero attached hydrogens (tertiary/aromatic N) is 1. The number of hydrogen-bond donors (Lipinski definition) is 1. The Hall–Kier alpha value is -4.12. The fraction of sp³-hybridized carbons (Fsp3) is 0.0800. The van der Waals surface area contributed by atoms with E-state index in [0.29, 0.717) is 34.0 Å². The predicted molar refractivity (Wildman–Crippen MR) is 125 cm³/mol. The van der Waals surface area contributed by atoms with Gasteiger partial charge in [-0.1, -0.05) is 30.3 Å². The predicted octanol–water partition coefficient (Wildman–Crippen LogP) is 5.50. The Morgan fingerprint density at radius 2 is 1.67 bits per heavy atom. The highest BCUT2D eigenvalue weighted by Crippen LogP contribution is 2.34. The molecule has 1 saturated heterocycles. The lowest BCUT2D eigenvalue weighted by Gasteiger charge is -2.13. The van der Waals surface area contributed by atoms with Crippen LogP contribution < -0.4 is 10.1 Å². The fourth-order valence-corrected chi connectivity index (χ4v) is 4.04. The molecule has 1 fully saturated rings. The monoisotopic (exact) mass is 516 g/mol. The van der Waals surface area contributed by atoms with Gasteiger partial charge in [0.25, 0.3) is 11.1 Å². The van der Waals surface area contributed by atoms with Crippen LogP contribution in [0.15, 0.2) is 65.6 Å². The van der Waals surface area contributed by atoms with Gasteiger partial charge in [0.15, 0.2) is 17.5 Å². The molecule has 0 aliphatic carbocycles. The van der Waals surface area contributed by atoms with Gasteiger partial charge in [0.05, 0.1) is 10.6 Å². The van der Waals surface area contributed by atoms with Crippen LogP contribution in [0.2, 0.25) is 0 Å². The van der Waals surface area contributed by atoms with E-state index in [1.54, 1.807) is 36.4 Å². The van der Waals surface area contributed by atoms with Gasteiger partial charge >= 0.3 is 0 Å². The Bertz CT molecular complexity index is 1380. The molecule has 0 spiro atoms.